The molecular formula is C10H17N3O2. The van der Waals surface area contributed by atoms with Gasteiger partial charge in [0, 0.05) is 26.2 Å². The molecule has 0 spiro atoms. The zero-order valence-corrected chi connectivity index (χ0v) is 8.74. The van der Waals surface area contributed by atoms with E-state index in [1.165, 1.54) is 17.1 Å². The summed E-state index contributed by atoms with van der Waals surface area (Å²) < 4.78 is 0. The highest BCUT2D eigenvalue weighted by Crippen LogP contribution is 1.88. The number of nitrogens with two attached hydrogens (primary N) is 1. The second-order valence-corrected chi connectivity index (χ2v) is 2.81. The molecule has 0 fully saturated rings. The van der Waals surface area contributed by atoms with E-state index in [0.29, 0.717) is 26.2 Å². The smallest absolute Gasteiger partial charge is 0.246 e. The summed E-state index contributed by atoms with van der Waals surface area (Å²) in [5.74, 6) is -0.443. The predicted molar refractivity (Wildman–Crippen MR) is 59.0 cm³/mol. The van der Waals surface area contributed by atoms with E-state index >= 15 is 0 Å². The van der Waals surface area contributed by atoms with Crippen molar-refractivity contribution in [1.82, 2.24) is 10.2 Å². The van der Waals surface area contributed by atoms with Crippen molar-refractivity contribution in [2.45, 2.75) is 0 Å². The number of hydrogen-bond acceptors (Lipinski definition) is 3. The normalized spacial score (nSPS) is 9.13. The van der Waals surface area contributed by atoms with Crippen molar-refractivity contribution in [1.29, 1.82) is 0 Å². The zero-order chi connectivity index (χ0) is 11.7. The van der Waals surface area contributed by atoms with Crippen LogP contribution in [0, 0.1) is 0 Å². The Morgan fingerprint density at radius 3 is 2.40 bits per heavy atom. The highest BCUT2D eigenvalue weighted by molar-refractivity contribution is 5.87. The second-order valence-electron chi connectivity index (χ2n) is 2.81. The second kappa shape index (κ2) is 7.75. The quantitative estimate of drug-likeness (QED) is 0.545. The fourth-order valence-corrected chi connectivity index (χ4v) is 1.00. The van der Waals surface area contributed by atoms with E-state index in [1.54, 1.807) is 0 Å². The van der Waals surface area contributed by atoms with Gasteiger partial charge in [-0.2, -0.15) is 0 Å². The molecule has 0 aromatic rings. The van der Waals surface area contributed by atoms with Gasteiger partial charge in [0.2, 0.25) is 11.8 Å². The van der Waals surface area contributed by atoms with Gasteiger partial charge < -0.3 is 16.0 Å². The van der Waals surface area contributed by atoms with Crippen LogP contribution >= 0.6 is 0 Å². The minimum absolute atomic E-state index is 0.187. The van der Waals surface area contributed by atoms with Gasteiger partial charge in [-0.1, -0.05) is 13.2 Å². The number of amides is 2. The SMILES string of the molecule is C=CC(=O)NCCN(CCN)C(=O)C=C. The van der Waals surface area contributed by atoms with Crippen LogP contribution in [0.15, 0.2) is 25.3 Å². The zero-order valence-electron chi connectivity index (χ0n) is 8.74. The van der Waals surface area contributed by atoms with Crippen molar-refractivity contribution in [2.75, 3.05) is 26.2 Å². The van der Waals surface area contributed by atoms with E-state index in [-0.39, 0.29) is 11.8 Å². The monoisotopic (exact) mass is 211 g/mol. The number of rotatable bonds is 7. The molecule has 0 aliphatic rings. The fraction of sp³-hybridized carbons (Fsp3) is 0.400. The van der Waals surface area contributed by atoms with E-state index in [2.05, 4.69) is 18.5 Å². The van der Waals surface area contributed by atoms with Crippen LogP contribution in [0.1, 0.15) is 0 Å². The van der Waals surface area contributed by atoms with Gasteiger partial charge >= 0.3 is 0 Å². The Balaban J connectivity index is 3.95. The van der Waals surface area contributed by atoms with Crippen molar-refractivity contribution in [3.05, 3.63) is 25.3 Å². The van der Waals surface area contributed by atoms with Crippen molar-refractivity contribution in [3.63, 3.8) is 0 Å². The Morgan fingerprint density at radius 1 is 1.27 bits per heavy atom. The number of hydrogen-bond donors (Lipinski definition) is 2. The Morgan fingerprint density at radius 2 is 1.93 bits per heavy atom. The summed E-state index contributed by atoms with van der Waals surface area (Å²) in [6, 6.07) is 0. The molecule has 15 heavy (non-hydrogen) atoms. The summed E-state index contributed by atoms with van der Waals surface area (Å²) in [4.78, 5) is 23.6. The highest BCUT2D eigenvalue weighted by Gasteiger charge is 2.08. The van der Waals surface area contributed by atoms with Gasteiger partial charge in [0.05, 0.1) is 0 Å². The van der Waals surface area contributed by atoms with Crippen LogP contribution in [0.4, 0.5) is 0 Å². The third kappa shape index (κ3) is 5.64. The van der Waals surface area contributed by atoms with E-state index in [0.717, 1.165) is 0 Å². The van der Waals surface area contributed by atoms with Crippen LogP contribution in [0.25, 0.3) is 0 Å². The van der Waals surface area contributed by atoms with Crippen molar-refractivity contribution >= 4 is 11.8 Å². The average Bonchev–Trinajstić information content (AvgIpc) is 2.26. The van der Waals surface area contributed by atoms with Gasteiger partial charge in [-0.05, 0) is 12.2 Å². The van der Waals surface area contributed by atoms with Gasteiger partial charge in [0.1, 0.15) is 0 Å². The molecule has 0 rings (SSSR count). The molecule has 5 nitrogen and oxygen atoms in total. The summed E-state index contributed by atoms with van der Waals surface area (Å²) >= 11 is 0. The van der Waals surface area contributed by atoms with Crippen LogP contribution in [0.2, 0.25) is 0 Å². The van der Waals surface area contributed by atoms with Gasteiger partial charge in [0.25, 0.3) is 0 Å². The molecular weight excluding hydrogens is 194 g/mol. The van der Waals surface area contributed by atoms with Crippen LogP contribution in [-0.2, 0) is 9.59 Å². The Labute approximate surface area is 89.6 Å². The molecule has 0 atom stereocenters. The molecule has 0 aromatic heterocycles. The molecule has 2 amide bonds. The molecule has 0 unspecified atom stereocenters. The molecule has 3 N–H and O–H groups in total. The lowest BCUT2D eigenvalue weighted by molar-refractivity contribution is -0.126. The predicted octanol–water partition coefficient (Wildman–Crippen LogP) is -0.738. The molecule has 0 aliphatic heterocycles. The maximum absolute atomic E-state index is 11.3. The maximum atomic E-state index is 11.3. The highest BCUT2D eigenvalue weighted by atomic mass is 16.2. The first-order valence-corrected chi connectivity index (χ1v) is 4.67. The number of carbonyl (C=O) groups is 2. The molecule has 0 radical (unpaired) electrons. The third-order valence-electron chi connectivity index (χ3n) is 1.75. The topological polar surface area (TPSA) is 75.4 Å². The average molecular weight is 211 g/mol. The van der Waals surface area contributed by atoms with Crippen molar-refractivity contribution in [3.8, 4) is 0 Å². The van der Waals surface area contributed by atoms with Crippen LogP contribution in [0.5, 0.6) is 0 Å². The van der Waals surface area contributed by atoms with Crippen LogP contribution < -0.4 is 11.1 Å². The number of nitrogens with one attached hydrogen (secondary N) is 1. The largest absolute Gasteiger partial charge is 0.351 e. The molecule has 0 bridgehead atoms. The number of nitrogens with zero attached hydrogens (tertiary/aromatic N) is 1. The molecule has 0 saturated carbocycles. The summed E-state index contributed by atoms with van der Waals surface area (Å²) in [6.45, 7) is 8.34. The van der Waals surface area contributed by atoms with E-state index in [1.807, 2.05) is 0 Å². The minimum atomic E-state index is -0.256. The molecule has 84 valence electrons. The van der Waals surface area contributed by atoms with Gasteiger partial charge in [-0.3, -0.25) is 9.59 Å². The summed E-state index contributed by atoms with van der Waals surface area (Å²) in [5.41, 5.74) is 5.35. The lowest BCUT2D eigenvalue weighted by Crippen LogP contribution is -2.40. The summed E-state index contributed by atoms with van der Waals surface area (Å²) in [5, 5.41) is 2.57. The first kappa shape index (κ1) is 13.4. The first-order chi connectivity index (χ1) is 7.15. The lowest BCUT2D eigenvalue weighted by Gasteiger charge is -2.20. The van der Waals surface area contributed by atoms with Crippen molar-refractivity contribution in [2.24, 2.45) is 5.73 Å². The Kier molecular flexibility index (Phi) is 6.92. The Bertz CT molecular complexity index is 251. The molecule has 0 heterocycles. The minimum Gasteiger partial charge on any atom is -0.351 e. The van der Waals surface area contributed by atoms with Gasteiger partial charge in [-0.25, -0.2) is 0 Å². The maximum Gasteiger partial charge on any atom is 0.246 e. The van der Waals surface area contributed by atoms with Gasteiger partial charge in [0.15, 0.2) is 0 Å². The molecule has 0 aromatic carbocycles. The number of carbonyl (C=O) groups excluding carboxylic acids is 2. The fourth-order valence-electron chi connectivity index (χ4n) is 1.00. The van der Waals surface area contributed by atoms with Crippen LogP contribution in [0.3, 0.4) is 0 Å². The standard InChI is InChI=1S/C10H17N3O2/c1-3-9(14)12-6-8-13(7-5-11)10(15)4-2/h3-4H,1-2,5-8,11H2,(H,12,14). The molecule has 0 saturated heterocycles. The summed E-state index contributed by atoms with van der Waals surface area (Å²) in [7, 11) is 0. The van der Waals surface area contributed by atoms with E-state index in [9.17, 15) is 9.59 Å². The van der Waals surface area contributed by atoms with E-state index in [4.69, 9.17) is 5.73 Å². The lowest BCUT2D eigenvalue weighted by atomic mass is 10.4. The van der Waals surface area contributed by atoms with Crippen LogP contribution in [-0.4, -0.2) is 42.9 Å². The van der Waals surface area contributed by atoms with Gasteiger partial charge in [-0.15, -0.1) is 0 Å². The Hall–Kier alpha value is -1.62. The first-order valence-electron chi connectivity index (χ1n) is 4.67. The van der Waals surface area contributed by atoms with E-state index < -0.39 is 0 Å². The summed E-state index contributed by atoms with van der Waals surface area (Å²) in [6.07, 6.45) is 2.41. The third-order valence-corrected chi connectivity index (χ3v) is 1.75. The van der Waals surface area contributed by atoms with Crippen molar-refractivity contribution < 1.29 is 9.59 Å². The molecule has 5 heteroatoms. The molecule has 0 aliphatic carbocycles.